The number of hydrogen-bond acceptors (Lipinski definition) is 1. The van der Waals surface area contributed by atoms with E-state index in [0.29, 0.717) is 0 Å². The molecule has 0 amide bonds. The Morgan fingerprint density at radius 1 is 1.54 bits per heavy atom. The van der Waals surface area contributed by atoms with Crippen molar-refractivity contribution in [3.05, 3.63) is 27.1 Å². The number of rotatable bonds is 1. The molecular weight excluding hydrogens is 275 g/mol. The molecule has 2 heterocycles. The zero-order valence-electron chi connectivity index (χ0n) is 7.69. The summed E-state index contributed by atoms with van der Waals surface area (Å²) in [7, 11) is 0. The monoisotopic (exact) mass is 286 g/mol. The van der Waals surface area contributed by atoms with E-state index >= 15 is 0 Å². The fourth-order valence-corrected chi connectivity index (χ4v) is 2.39. The summed E-state index contributed by atoms with van der Waals surface area (Å²) in [5.41, 5.74) is 3.50. The van der Waals surface area contributed by atoms with Gasteiger partial charge in [0.1, 0.15) is 5.65 Å². The van der Waals surface area contributed by atoms with E-state index in [1.54, 1.807) is 0 Å². The van der Waals surface area contributed by atoms with Crippen LogP contribution in [0.3, 0.4) is 0 Å². The van der Waals surface area contributed by atoms with Crippen LogP contribution in [0.25, 0.3) is 11.0 Å². The van der Waals surface area contributed by atoms with Gasteiger partial charge in [0.25, 0.3) is 0 Å². The van der Waals surface area contributed by atoms with Crippen LogP contribution < -0.4 is 0 Å². The molecular formula is C10H11IN2. The first-order valence-electron chi connectivity index (χ1n) is 4.35. The molecule has 0 unspecified atom stereocenters. The van der Waals surface area contributed by atoms with E-state index in [-0.39, 0.29) is 0 Å². The minimum atomic E-state index is 0.999. The van der Waals surface area contributed by atoms with Crippen LogP contribution in [0.15, 0.2) is 12.3 Å². The summed E-state index contributed by atoms with van der Waals surface area (Å²) < 4.78 is 1.33. The van der Waals surface area contributed by atoms with Crippen LogP contribution in [0.2, 0.25) is 0 Å². The Morgan fingerprint density at radius 3 is 3.00 bits per heavy atom. The predicted molar refractivity (Wildman–Crippen MR) is 62.9 cm³/mol. The molecule has 3 heteroatoms. The molecule has 0 saturated heterocycles. The minimum absolute atomic E-state index is 0.999. The van der Waals surface area contributed by atoms with Gasteiger partial charge in [-0.2, -0.15) is 0 Å². The Morgan fingerprint density at radius 2 is 2.31 bits per heavy atom. The maximum atomic E-state index is 4.37. The molecule has 0 aromatic carbocycles. The van der Waals surface area contributed by atoms with Gasteiger partial charge in [-0.25, -0.2) is 4.98 Å². The zero-order valence-corrected chi connectivity index (χ0v) is 9.84. The first-order chi connectivity index (χ1) is 6.22. The molecule has 1 N–H and O–H groups in total. The number of aromatic amines is 1. The van der Waals surface area contributed by atoms with Gasteiger partial charge in [0.15, 0.2) is 0 Å². The van der Waals surface area contributed by atoms with Crippen LogP contribution in [0, 0.1) is 10.5 Å². The number of H-pyrrole nitrogens is 1. The molecule has 0 aliphatic rings. The van der Waals surface area contributed by atoms with Gasteiger partial charge in [0.05, 0.1) is 0 Å². The first kappa shape index (κ1) is 8.99. The number of aryl methyl sites for hydroxylation is 2. The van der Waals surface area contributed by atoms with Crippen molar-refractivity contribution in [1.29, 1.82) is 0 Å². The third-order valence-corrected chi connectivity index (χ3v) is 3.45. The topological polar surface area (TPSA) is 28.7 Å². The van der Waals surface area contributed by atoms with E-state index in [1.165, 1.54) is 20.2 Å². The number of halogens is 1. The Kier molecular flexibility index (Phi) is 2.27. The van der Waals surface area contributed by atoms with Crippen LogP contribution in [-0.2, 0) is 6.42 Å². The second-order valence-corrected chi connectivity index (χ2v) is 4.24. The Labute approximate surface area is 90.9 Å². The van der Waals surface area contributed by atoms with Gasteiger partial charge < -0.3 is 4.98 Å². The first-order valence-corrected chi connectivity index (χ1v) is 5.43. The van der Waals surface area contributed by atoms with E-state index in [4.69, 9.17) is 0 Å². The van der Waals surface area contributed by atoms with Gasteiger partial charge in [0, 0.05) is 20.8 Å². The van der Waals surface area contributed by atoms with Crippen LogP contribution in [0.1, 0.15) is 18.2 Å². The van der Waals surface area contributed by atoms with Crippen molar-refractivity contribution in [1.82, 2.24) is 9.97 Å². The molecule has 0 aliphatic carbocycles. The molecule has 0 radical (unpaired) electrons. The highest BCUT2D eigenvalue weighted by Gasteiger charge is 2.06. The van der Waals surface area contributed by atoms with Crippen molar-refractivity contribution in [3.63, 3.8) is 0 Å². The predicted octanol–water partition coefficient (Wildman–Crippen LogP) is 3.04. The maximum absolute atomic E-state index is 4.37. The fourth-order valence-electron chi connectivity index (χ4n) is 1.46. The molecule has 2 aromatic heterocycles. The average Bonchev–Trinajstić information content (AvgIpc) is 2.47. The van der Waals surface area contributed by atoms with E-state index in [1.807, 2.05) is 6.20 Å². The highest BCUT2D eigenvalue weighted by atomic mass is 127. The van der Waals surface area contributed by atoms with E-state index in [2.05, 4.69) is 52.5 Å². The van der Waals surface area contributed by atoms with Crippen LogP contribution in [0.4, 0.5) is 0 Å². The molecule has 68 valence electrons. The summed E-state index contributed by atoms with van der Waals surface area (Å²) in [6.07, 6.45) is 3.01. The van der Waals surface area contributed by atoms with Crippen molar-refractivity contribution in [3.8, 4) is 0 Å². The third kappa shape index (κ3) is 1.45. The van der Waals surface area contributed by atoms with Gasteiger partial charge in [-0.1, -0.05) is 6.92 Å². The molecule has 0 fully saturated rings. The second kappa shape index (κ2) is 3.29. The largest absolute Gasteiger partial charge is 0.344 e. The van der Waals surface area contributed by atoms with E-state index in [9.17, 15) is 0 Å². The lowest BCUT2D eigenvalue weighted by Crippen LogP contribution is -1.89. The molecule has 0 spiro atoms. The fraction of sp³-hybridized carbons (Fsp3) is 0.300. The zero-order chi connectivity index (χ0) is 9.42. The standard InChI is InChI=1S/C10H11IN2/c1-3-7-5-12-10-8(9(7)11)4-6(2)13-10/h4-5H,3H2,1-2H3,(H,12,13). The number of hydrogen-bond donors (Lipinski definition) is 1. The minimum Gasteiger partial charge on any atom is -0.344 e. The Balaban J connectivity index is 2.78. The SMILES string of the molecule is CCc1cnc2[nH]c(C)cc2c1I. The number of nitrogens with one attached hydrogen (secondary N) is 1. The van der Waals surface area contributed by atoms with Crippen molar-refractivity contribution in [2.45, 2.75) is 20.3 Å². The van der Waals surface area contributed by atoms with E-state index < -0.39 is 0 Å². The summed E-state index contributed by atoms with van der Waals surface area (Å²) in [6.45, 7) is 4.22. The van der Waals surface area contributed by atoms with Crippen LogP contribution in [-0.4, -0.2) is 9.97 Å². The van der Waals surface area contributed by atoms with Gasteiger partial charge in [-0.15, -0.1) is 0 Å². The Bertz CT molecular complexity index is 445. The molecule has 0 bridgehead atoms. The highest BCUT2D eigenvalue weighted by molar-refractivity contribution is 14.1. The average molecular weight is 286 g/mol. The molecule has 0 aliphatic heterocycles. The van der Waals surface area contributed by atoms with E-state index in [0.717, 1.165) is 12.1 Å². The molecule has 13 heavy (non-hydrogen) atoms. The van der Waals surface area contributed by atoms with Gasteiger partial charge in [0.2, 0.25) is 0 Å². The molecule has 0 saturated carbocycles. The summed E-state index contributed by atoms with van der Waals surface area (Å²) in [5.74, 6) is 0. The lowest BCUT2D eigenvalue weighted by molar-refractivity contribution is 1.10. The third-order valence-electron chi connectivity index (χ3n) is 2.18. The summed E-state index contributed by atoms with van der Waals surface area (Å²) in [5, 5.41) is 1.25. The number of aromatic nitrogens is 2. The summed E-state index contributed by atoms with van der Waals surface area (Å²) >= 11 is 2.39. The van der Waals surface area contributed by atoms with Crippen molar-refractivity contribution < 1.29 is 0 Å². The van der Waals surface area contributed by atoms with Crippen molar-refractivity contribution in [2.24, 2.45) is 0 Å². The van der Waals surface area contributed by atoms with Crippen LogP contribution in [0.5, 0.6) is 0 Å². The van der Waals surface area contributed by atoms with Gasteiger partial charge in [-0.3, -0.25) is 0 Å². The number of fused-ring (bicyclic) bond motifs is 1. The molecule has 2 aromatic rings. The van der Waals surface area contributed by atoms with Crippen molar-refractivity contribution in [2.75, 3.05) is 0 Å². The summed E-state index contributed by atoms with van der Waals surface area (Å²) in [4.78, 5) is 7.61. The van der Waals surface area contributed by atoms with Crippen molar-refractivity contribution >= 4 is 33.6 Å². The number of nitrogens with zero attached hydrogens (tertiary/aromatic N) is 1. The molecule has 0 atom stereocenters. The lowest BCUT2D eigenvalue weighted by Gasteiger charge is -2.00. The molecule has 2 nitrogen and oxygen atoms in total. The van der Waals surface area contributed by atoms with Crippen LogP contribution >= 0.6 is 22.6 Å². The van der Waals surface area contributed by atoms with Gasteiger partial charge >= 0.3 is 0 Å². The quantitative estimate of drug-likeness (QED) is 0.802. The Hall–Kier alpha value is -0.580. The number of pyridine rings is 1. The highest BCUT2D eigenvalue weighted by Crippen LogP contribution is 2.23. The maximum Gasteiger partial charge on any atom is 0.138 e. The normalized spacial score (nSPS) is 11.0. The van der Waals surface area contributed by atoms with Gasteiger partial charge in [-0.05, 0) is 47.6 Å². The smallest absolute Gasteiger partial charge is 0.138 e. The molecule has 2 rings (SSSR count). The lowest BCUT2D eigenvalue weighted by atomic mass is 10.2. The summed E-state index contributed by atoms with van der Waals surface area (Å²) in [6, 6.07) is 2.16. The second-order valence-electron chi connectivity index (χ2n) is 3.17.